The Morgan fingerprint density at radius 2 is 2.03 bits per heavy atom. The van der Waals surface area contributed by atoms with Crippen molar-refractivity contribution >= 4 is 22.4 Å². The highest BCUT2D eigenvalue weighted by molar-refractivity contribution is 5.93. The summed E-state index contributed by atoms with van der Waals surface area (Å²) in [5, 5.41) is 14.3. The molecule has 0 spiro atoms. The van der Waals surface area contributed by atoms with Crippen LogP contribution in [0.15, 0.2) is 42.7 Å². The number of aromatic nitrogens is 2. The van der Waals surface area contributed by atoms with Crippen LogP contribution < -0.4 is 20.5 Å². The van der Waals surface area contributed by atoms with Crippen molar-refractivity contribution < 1.29 is 14.6 Å². The Morgan fingerprint density at radius 1 is 1.17 bits per heavy atom. The van der Waals surface area contributed by atoms with Gasteiger partial charge < -0.3 is 25.6 Å². The molecule has 0 aliphatic heterocycles. The van der Waals surface area contributed by atoms with Crippen LogP contribution >= 0.6 is 0 Å². The van der Waals surface area contributed by atoms with Crippen molar-refractivity contribution in [3.8, 4) is 23.8 Å². The van der Waals surface area contributed by atoms with Gasteiger partial charge >= 0.3 is 0 Å². The largest absolute Gasteiger partial charge is 0.493 e. The molecule has 1 unspecified atom stereocenters. The Morgan fingerprint density at radius 3 is 2.80 bits per heavy atom. The first kappa shape index (κ1) is 21.4. The lowest BCUT2D eigenvalue weighted by Crippen LogP contribution is -2.16. The molecule has 1 heterocycles. The molecule has 1 aromatic heterocycles. The number of anilines is 2. The minimum atomic E-state index is -0.942. The van der Waals surface area contributed by atoms with E-state index in [1.54, 1.807) is 19.2 Å². The zero-order valence-corrected chi connectivity index (χ0v) is 17.0. The first-order valence-electron chi connectivity index (χ1n) is 9.86. The van der Waals surface area contributed by atoms with Crippen LogP contribution in [0.1, 0.15) is 31.2 Å². The normalized spacial score (nSPS) is 11.7. The zero-order chi connectivity index (χ0) is 21.3. The summed E-state index contributed by atoms with van der Waals surface area (Å²) in [7, 11) is 1.55. The van der Waals surface area contributed by atoms with Crippen molar-refractivity contribution in [2.75, 3.05) is 19.0 Å². The Kier molecular flexibility index (Phi) is 7.44. The van der Waals surface area contributed by atoms with E-state index in [0.29, 0.717) is 35.8 Å². The number of hydrogen-bond acceptors (Lipinski definition) is 7. The topological polar surface area (TPSA) is 103 Å². The quantitative estimate of drug-likeness (QED) is 0.269. The minimum Gasteiger partial charge on any atom is -0.493 e. The molecule has 0 saturated heterocycles. The van der Waals surface area contributed by atoms with E-state index in [0.717, 1.165) is 35.9 Å². The average molecular weight is 406 g/mol. The molecule has 3 aromatic rings. The van der Waals surface area contributed by atoms with Crippen LogP contribution in [-0.2, 0) is 0 Å². The number of ether oxygens (including phenoxy) is 2. The van der Waals surface area contributed by atoms with E-state index in [2.05, 4.69) is 21.2 Å². The van der Waals surface area contributed by atoms with Gasteiger partial charge in [-0.15, -0.1) is 6.42 Å². The Hall–Kier alpha value is -3.34. The molecule has 0 bridgehead atoms. The van der Waals surface area contributed by atoms with Crippen LogP contribution in [0.3, 0.4) is 0 Å². The molecule has 7 nitrogen and oxygen atoms in total. The number of unbranched alkanes of at least 4 members (excludes halogenated alkanes) is 2. The van der Waals surface area contributed by atoms with Gasteiger partial charge in [-0.2, -0.15) is 0 Å². The number of nitrogens with two attached hydrogens (primary N) is 1. The number of nitrogens with one attached hydrogen (secondary N) is 1. The molecular weight excluding hydrogens is 380 g/mol. The molecule has 30 heavy (non-hydrogen) atoms. The van der Waals surface area contributed by atoms with Crippen molar-refractivity contribution in [3.63, 3.8) is 0 Å². The van der Waals surface area contributed by atoms with E-state index in [-0.39, 0.29) is 0 Å². The molecule has 0 amide bonds. The number of terminal acetylenes is 1. The summed E-state index contributed by atoms with van der Waals surface area (Å²) >= 11 is 0. The fourth-order valence-corrected chi connectivity index (χ4v) is 3.08. The lowest BCUT2D eigenvalue weighted by atomic mass is 10.1. The fraction of sp³-hybridized carbons (Fsp3) is 0.304. The van der Waals surface area contributed by atoms with Gasteiger partial charge in [-0.25, -0.2) is 9.97 Å². The van der Waals surface area contributed by atoms with Crippen LogP contribution in [0.25, 0.3) is 10.9 Å². The molecule has 0 fully saturated rings. The molecule has 3 rings (SSSR count). The van der Waals surface area contributed by atoms with Crippen molar-refractivity contribution in [1.82, 2.24) is 9.97 Å². The van der Waals surface area contributed by atoms with E-state index in [1.165, 1.54) is 6.33 Å². The maximum absolute atomic E-state index is 10.3. The van der Waals surface area contributed by atoms with Crippen LogP contribution in [0.2, 0.25) is 0 Å². The van der Waals surface area contributed by atoms with Gasteiger partial charge in [0.2, 0.25) is 0 Å². The number of nitrogens with zero attached hydrogens (tertiary/aromatic N) is 2. The average Bonchev–Trinajstić information content (AvgIpc) is 2.77. The first-order valence-corrected chi connectivity index (χ1v) is 9.86. The van der Waals surface area contributed by atoms with Gasteiger partial charge in [-0.1, -0.05) is 18.4 Å². The number of methoxy groups -OCH3 is 1. The molecule has 2 aromatic carbocycles. The molecule has 0 aliphatic carbocycles. The predicted octanol–water partition coefficient (Wildman–Crippen LogP) is 3.58. The number of fused-ring (bicyclic) bond motifs is 1. The van der Waals surface area contributed by atoms with Crippen LogP contribution in [0.5, 0.6) is 11.5 Å². The summed E-state index contributed by atoms with van der Waals surface area (Å²) in [5.74, 6) is 4.12. The monoisotopic (exact) mass is 406 g/mol. The number of aliphatic hydroxyl groups excluding tert-OH is 1. The zero-order valence-electron chi connectivity index (χ0n) is 17.0. The molecule has 0 saturated carbocycles. The van der Waals surface area contributed by atoms with Crippen molar-refractivity contribution in [2.45, 2.75) is 32.0 Å². The van der Waals surface area contributed by atoms with Crippen LogP contribution in [0, 0.1) is 12.3 Å². The van der Waals surface area contributed by atoms with Gasteiger partial charge in [0.25, 0.3) is 0 Å². The number of benzene rings is 2. The maximum atomic E-state index is 10.3. The number of rotatable bonds is 10. The minimum absolute atomic E-state index is 0.423. The highest BCUT2D eigenvalue weighted by atomic mass is 16.6. The molecule has 4 N–H and O–H groups in total. The summed E-state index contributed by atoms with van der Waals surface area (Å²) in [4.78, 5) is 8.68. The second kappa shape index (κ2) is 10.4. The molecule has 0 aliphatic rings. The molecule has 1 atom stereocenters. The van der Waals surface area contributed by atoms with Crippen molar-refractivity contribution in [1.29, 1.82) is 0 Å². The third-order valence-electron chi connectivity index (χ3n) is 4.63. The third-order valence-corrected chi connectivity index (χ3v) is 4.63. The summed E-state index contributed by atoms with van der Waals surface area (Å²) in [6.07, 6.45) is 9.24. The molecular formula is C23H26N4O3. The van der Waals surface area contributed by atoms with Crippen molar-refractivity contribution in [2.24, 2.45) is 5.73 Å². The third kappa shape index (κ3) is 5.38. The first-order chi connectivity index (χ1) is 14.6. The SMILES string of the molecule is C#Cc1cccc(Nc2ncnc3cc(OC)c(OC(O)CCCCCN)cc23)c1. The standard InChI is InChI=1S/C23H26N4O3/c1-3-16-8-7-9-17(12-16)27-23-18-13-21(30-22(28)10-5-4-6-11-24)20(29-2)14-19(18)25-15-26-23/h1,7-9,12-15,22,28H,4-6,10-11,24H2,2H3,(H,25,26,27). The van der Waals surface area contributed by atoms with E-state index in [4.69, 9.17) is 21.6 Å². The summed E-state index contributed by atoms with van der Waals surface area (Å²) in [6.45, 7) is 0.648. The summed E-state index contributed by atoms with van der Waals surface area (Å²) < 4.78 is 11.2. The van der Waals surface area contributed by atoms with Gasteiger partial charge in [0.1, 0.15) is 12.1 Å². The second-order valence-electron chi connectivity index (χ2n) is 6.80. The van der Waals surface area contributed by atoms with Gasteiger partial charge in [-0.05, 0) is 43.7 Å². The Bertz CT molecular complexity index is 1030. The second-order valence-corrected chi connectivity index (χ2v) is 6.80. The van der Waals surface area contributed by atoms with E-state index < -0.39 is 6.29 Å². The fourth-order valence-electron chi connectivity index (χ4n) is 3.08. The van der Waals surface area contributed by atoms with Crippen molar-refractivity contribution in [3.05, 3.63) is 48.3 Å². The smallest absolute Gasteiger partial charge is 0.197 e. The summed E-state index contributed by atoms with van der Waals surface area (Å²) in [5.41, 5.74) is 7.76. The maximum Gasteiger partial charge on any atom is 0.197 e. The molecule has 7 heteroatoms. The summed E-state index contributed by atoms with van der Waals surface area (Å²) in [6, 6.07) is 11.0. The molecule has 156 valence electrons. The number of hydrogen-bond donors (Lipinski definition) is 3. The van der Waals surface area contributed by atoms with E-state index in [9.17, 15) is 5.11 Å². The lowest BCUT2D eigenvalue weighted by molar-refractivity contribution is -0.0259. The highest BCUT2D eigenvalue weighted by Gasteiger charge is 2.15. The predicted molar refractivity (Wildman–Crippen MR) is 118 cm³/mol. The highest BCUT2D eigenvalue weighted by Crippen LogP contribution is 2.35. The van der Waals surface area contributed by atoms with Gasteiger partial charge in [-0.3, -0.25) is 0 Å². The van der Waals surface area contributed by atoms with Crippen LogP contribution in [-0.4, -0.2) is 35.0 Å². The van der Waals surface area contributed by atoms with Crippen LogP contribution in [0.4, 0.5) is 11.5 Å². The molecule has 0 radical (unpaired) electrons. The lowest BCUT2D eigenvalue weighted by Gasteiger charge is -2.17. The Labute approximate surface area is 176 Å². The van der Waals surface area contributed by atoms with Gasteiger partial charge in [0.15, 0.2) is 17.8 Å². The van der Waals surface area contributed by atoms with E-state index in [1.807, 2.05) is 24.3 Å². The van der Waals surface area contributed by atoms with Gasteiger partial charge in [0.05, 0.1) is 12.6 Å². The Balaban J connectivity index is 1.87. The van der Waals surface area contributed by atoms with Gasteiger partial charge in [0, 0.05) is 29.1 Å². The number of aliphatic hydroxyl groups is 1. The van der Waals surface area contributed by atoms with E-state index >= 15 is 0 Å².